The fourth-order valence-corrected chi connectivity index (χ4v) is 8.35. The van der Waals surface area contributed by atoms with Crippen LogP contribution >= 0.6 is 0 Å². The molecule has 0 saturated heterocycles. The van der Waals surface area contributed by atoms with E-state index in [9.17, 15) is 4.79 Å². The molecule has 4 rings (SSSR count). The molecule has 0 heterocycles. The predicted octanol–water partition coefficient (Wildman–Crippen LogP) is 6.65. The molecule has 0 aromatic rings. The summed E-state index contributed by atoms with van der Waals surface area (Å²) in [6.45, 7) is 9.49. The van der Waals surface area contributed by atoms with Crippen molar-refractivity contribution in [3.05, 3.63) is 0 Å². The smallest absolute Gasteiger partial charge is 0.133 e. The van der Waals surface area contributed by atoms with E-state index in [0.29, 0.717) is 22.5 Å². The van der Waals surface area contributed by atoms with Gasteiger partial charge in [-0.15, -0.1) is 0 Å². The molecule has 1 nitrogen and oxygen atoms in total. The van der Waals surface area contributed by atoms with Crippen LogP contribution in [0.1, 0.15) is 98.3 Å². The van der Waals surface area contributed by atoms with Gasteiger partial charge in [0.05, 0.1) is 0 Å². The minimum Gasteiger partial charge on any atom is -0.300 e. The van der Waals surface area contributed by atoms with Crippen molar-refractivity contribution in [1.82, 2.24) is 0 Å². The highest BCUT2D eigenvalue weighted by Crippen LogP contribution is 2.65. The molecule has 142 valence electrons. The highest BCUT2D eigenvalue weighted by Gasteiger charge is 2.57. The summed E-state index contributed by atoms with van der Waals surface area (Å²) in [4.78, 5) is 12.4. The second-order valence-electron chi connectivity index (χ2n) is 11.1. The monoisotopic (exact) mass is 344 g/mol. The van der Waals surface area contributed by atoms with Crippen LogP contribution in [-0.2, 0) is 4.79 Å². The van der Waals surface area contributed by atoms with Crippen molar-refractivity contribution in [2.75, 3.05) is 0 Å². The molecule has 0 aromatic heterocycles. The zero-order valence-corrected chi connectivity index (χ0v) is 17.2. The Morgan fingerprint density at radius 2 is 1.48 bits per heavy atom. The van der Waals surface area contributed by atoms with Gasteiger partial charge in [0.25, 0.3) is 0 Å². The lowest BCUT2D eigenvalue weighted by atomic mass is 9.43. The number of ketones is 1. The van der Waals surface area contributed by atoms with Crippen LogP contribution in [0.2, 0.25) is 0 Å². The highest BCUT2D eigenvalue weighted by molar-refractivity contribution is 5.79. The van der Waals surface area contributed by atoms with Gasteiger partial charge >= 0.3 is 0 Å². The molecule has 0 radical (unpaired) electrons. The Labute approximate surface area is 155 Å². The first-order chi connectivity index (χ1) is 11.8. The quantitative estimate of drug-likeness (QED) is 0.520. The molecule has 0 amide bonds. The number of Topliss-reactive ketones (excluding diaryl/α,β-unsaturated/α-hetero) is 1. The number of hydrogen-bond acceptors (Lipinski definition) is 1. The summed E-state index contributed by atoms with van der Waals surface area (Å²) in [7, 11) is 0. The third-order valence-electron chi connectivity index (χ3n) is 9.86. The largest absolute Gasteiger partial charge is 0.300 e. The molecule has 4 aliphatic rings. The van der Waals surface area contributed by atoms with Crippen molar-refractivity contribution < 1.29 is 4.79 Å². The predicted molar refractivity (Wildman–Crippen MR) is 104 cm³/mol. The van der Waals surface area contributed by atoms with Crippen LogP contribution in [0.3, 0.4) is 0 Å². The Kier molecular flexibility index (Phi) is 4.61. The Morgan fingerprint density at radius 1 is 0.800 bits per heavy atom. The lowest BCUT2D eigenvalue weighted by molar-refractivity contribution is -0.145. The first-order valence-electron chi connectivity index (χ1n) is 11.4. The summed E-state index contributed by atoms with van der Waals surface area (Å²) in [6, 6.07) is 0. The van der Waals surface area contributed by atoms with Gasteiger partial charge in [0.2, 0.25) is 0 Å². The fourth-order valence-electron chi connectivity index (χ4n) is 8.35. The van der Waals surface area contributed by atoms with Gasteiger partial charge in [-0.1, -0.05) is 40.0 Å². The molecule has 25 heavy (non-hydrogen) atoms. The summed E-state index contributed by atoms with van der Waals surface area (Å²) in [5.41, 5.74) is 0.936. The molecule has 4 fully saturated rings. The van der Waals surface area contributed by atoms with Gasteiger partial charge in [0, 0.05) is 5.92 Å². The van der Waals surface area contributed by atoms with E-state index in [-0.39, 0.29) is 0 Å². The minimum absolute atomic E-state index is 0.316. The average Bonchev–Trinajstić information content (AvgIpc) is 2.72. The molecule has 0 bridgehead atoms. The average molecular weight is 345 g/mol. The van der Waals surface area contributed by atoms with E-state index in [1.54, 1.807) is 0 Å². The number of carbonyl (C=O) groups is 1. The van der Waals surface area contributed by atoms with Crippen LogP contribution in [0.4, 0.5) is 0 Å². The zero-order chi connectivity index (χ0) is 17.8. The van der Waals surface area contributed by atoms with Crippen LogP contribution in [0.15, 0.2) is 0 Å². The maximum absolute atomic E-state index is 12.4. The summed E-state index contributed by atoms with van der Waals surface area (Å²) < 4.78 is 0. The molecular formula is C24H40O. The van der Waals surface area contributed by atoms with E-state index >= 15 is 0 Å². The van der Waals surface area contributed by atoms with Gasteiger partial charge < -0.3 is 0 Å². The van der Waals surface area contributed by atoms with Crippen LogP contribution in [0, 0.1) is 46.3 Å². The van der Waals surface area contributed by atoms with Crippen LogP contribution in [0.25, 0.3) is 0 Å². The van der Waals surface area contributed by atoms with Gasteiger partial charge in [-0.25, -0.2) is 0 Å². The van der Waals surface area contributed by atoms with Crippen LogP contribution < -0.4 is 0 Å². The van der Waals surface area contributed by atoms with Crippen LogP contribution in [0.5, 0.6) is 0 Å². The van der Waals surface area contributed by atoms with Gasteiger partial charge in [0.1, 0.15) is 5.78 Å². The van der Waals surface area contributed by atoms with E-state index in [2.05, 4.69) is 20.8 Å². The van der Waals surface area contributed by atoms with Crippen molar-refractivity contribution >= 4 is 5.78 Å². The van der Waals surface area contributed by atoms with Crippen molar-refractivity contribution in [2.45, 2.75) is 98.3 Å². The van der Waals surface area contributed by atoms with Crippen molar-refractivity contribution in [3.8, 4) is 0 Å². The lowest BCUT2D eigenvalue weighted by Gasteiger charge is -2.61. The zero-order valence-electron chi connectivity index (χ0n) is 17.2. The molecule has 0 N–H and O–H groups in total. The molecule has 1 heteroatoms. The van der Waals surface area contributed by atoms with E-state index in [4.69, 9.17) is 0 Å². The topological polar surface area (TPSA) is 17.1 Å². The molecular weight excluding hydrogens is 304 g/mol. The number of rotatable bonds is 1. The van der Waals surface area contributed by atoms with Crippen molar-refractivity contribution in [2.24, 2.45) is 46.3 Å². The second kappa shape index (κ2) is 6.38. The van der Waals surface area contributed by atoms with Gasteiger partial charge in [-0.3, -0.25) is 4.79 Å². The first-order valence-corrected chi connectivity index (χ1v) is 11.4. The maximum atomic E-state index is 12.4. The summed E-state index contributed by atoms with van der Waals surface area (Å²) in [5.74, 6) is 5.47. The lowest BCUT2D eigenvalue weighted by Crippen LogP contribution is -2.54. The highest BCUT2D eigenvalue weighted by atomic mass is 16.1. The summed E-state index contributed by atoms with van der Waals surface area (Å²) in [6.07, 6.45) is 15.4. The van der Waals surface area contributed by atoms with Gasteiger partial charge in [-0.05, 0) is 98.7 Å². The van der Waals surface area contributed by atoms with E-state index < -0.39 is 0 Å². The van der Waals surface area contributed by atoms with Crippen molar-refractivity contribution in [1.29, 1.82) is 0 Å². The second-order valence-corrected chi connectivity index (χ2v) is 11.1. The Hall–Kier alpha value is -0.330. The Morgan fingerprint density at radius 3 is 2.24 bits per heavy atom. The normalized spacial score (nSPS) is 53.1. The SMILES string of the molecule is CC(=O)C1CCCC2[C@@H]3CC[C@]4(C)CC[C@@H](C)CC[C@@H]4C3CC[C@]12C. The third-order valence-corrected chi connectivity index (χ3v) is 9.86. The third kappa shape index (κ3) is 2.83. The standard InChI is InChI=1S/C24H40O/c1-16-8-9-21-18-12-15-24(4)20(17(2)25)6-5-7-22(24)19(18)11-14-23(21,3)13-10-16/h16,18-22H,5-15H2,1-4H3/t16-,18?,19+,20?,21+,22?,23-,24+/m0/s1. The molecule has 4 saturated carbocycles. The Balaban J connectivity index is 1.61. The first kappa shape index (κ1) is 18.1. The van der Waals surface area contributed by atoms with Crippen molar-refractivity contribution in [3.63, 3.8) is 0 Å². The van der Waals surface area contributed by atoms with Gasteiger partial charge in [0.15, 0.2) is 0 Å². The van der Waals surface area contributed by atoms with E-state index in [1.807, 2.05) is 6.92 Å². The fraction of sp³-hybridized carbons (Fsp3) is 0.958. The molecule has 0 spiro atoms. The van der Waals surface area contributed by atoms with E-state index in [1.165, 1.54) is 70.6 Å². The van der Waals surface area contributed by atoms with E-state index in [0.717, 1.165) is 29.6 Å². The minimum atomic E-state index is 0.316. The molecule has 8 atom stereocenters. The van der Waals surface area contributed by atoms with Crippen LogP contribution in [-0.4, -0.2) is 5.78 Å². The number of fused-ring (bicyclic) bond motifs is 5. The maximum Gasteiger partial charge on any atom is 0.133 e. The molecule has 0 aromatic carbocycles. The molecule has 0 aliphatic heterocycles. The van der Waals surface area contributed by atoms with Gasteiger partial charge in [-0.2, -0.15) is 0 Å². The molecule has 4 aliphatic carbocycles. The molecule has 3 unspecified atom stereocenters. The Bertz CT molecular complexity index is 524. The number of hydrogen-bond donors (Lipinski definition) is 0. The summed E-state index contributed by atoms with van der Waals surface area (Å²) in [5, 5.41) is 0. The summed E-state index contributed by atoms with van der Waals surface area (Å²) >= 11 is 0. The number of carbonyl (C=O) groups excluding carboxylic acids is 1.